The molecule has 0 aliphatic heterocycles. The zero-order chi connectivity index (χ0) is 14.1. The van der Waals surface area contributed by atoms with Gasteiger partial charge in [0, 0.05) is 30.0 Å². The molecule has 2 nitrogen and oxygen atoms in total. The van der Waals surface area contributed by atoms with Crippen LogP contribution in [0.4, 0.5) is 0 Å². The second-order valence-electron chi connectivity index (χ2n) is 5.86. The number of rotatable bonds is 2. The number of fused-ring (bicyclic) bond motifs is 1. The van der Waals surface area contributed by atoms with Gasteiger partial charge in [0.2, 0.25) is 0 Å². The number of nitrogens with zero attached hydrogens (tertiary/aromatic N) is 1. The van der Waals surface area contributed by atoms with Crippen molar-refractivity contribution in [2.45, 2.75) is 45.2 Å². The molecule has 1 aliphatic carbocycles. The molecule has 3 rings (SSSR count). The van der Waals surface area contributed by atoms with Gasteiger partial charge in [0.15, 0.2) is 0 Å². The van der Waals surface area contributed by atoms with Gasteiger partial charge >= 0.3 is 0 Å². The van der Waals surface area contributed by atoms with Crippen LogP contribution < -0.4 is 5.73 Å². The molecule has 2 N–H and O–H groups in total. The van der Waals surface area contributed by atoms with E-state index in [2.05, 4.69) is 36.0 Å². The van der Waals surface area contributed by atoms with Crippen molar-refractivity contribution >= 4 is 11.6 Å². The fourth-order valence-electron chi connectivity index (χ4n) is 3.02. The molecular formula is C17H21ClN2. The summed E-state index contributed by atoms with van der Waals surface area (Å²) in [6, 6.07) is 6.45. The highest BCUT2D eigenvalue weighted by molar-refractivity contribution is 6.31. The summed E-state index contributed by atoms with van der Waals surface area (Å²) < 4.78 is 2.23. The molecule has 1 atom stereocenters. The van der Waals surface area contributed by atoms with Crippen molar-refractivity contribution in [3.63, 3.8) is 0 Å². The Kier molecular flexibility index (Phi) is 3.86. The van der Waals surface area contributed by atoms with Crippen LogP contribution >= 0.6 is 11.6 Å². The van der Waals surface area contributed by atoms with E-state index in [9.17, 15) is 0 Å². The zero-order valence-electron chi connectivity index (χ0n) is 11.9. The summed E-state index contributed by atoms with van der Waals surface area (Å²) in [5.41, 5.74) is 11.4. The lowest BCUT2D eigenvalue weighted by Gasteiger charge is -2.08. The van der Waals surface area contributed by atoms with Crippen LogP contribution in [0.1, 0.15) is 47.6 Å². The van der Waals surface area contributed by atoms with E-state index in [1.54, 1.807) is 0 Å². The third kappa shape index (κ3) is 2.77. The Morgan fingerprint density at radius 1 is 1.30 bits per heavy atom. The first-order valence-corrected chi connectivity index (χ1v) is 7.70. The molecule has 0 radical (unpaired) electrons. The molecule has 1 aliphatic rings. The van der Waals surface area contributed by atoms with Crippen molar-refractivity contribution in [1.82, 2.24) is 4.57 Å². The lowest BCUT2D eigenvalue weighted by atomic mass is 10.1. The smallest absolute Gasteiger partial charge is 0.0485 e. The predicted octanol–water partition coefficient (Wildman–Crippen LogP) is 4.22. The molecule has 0 amide bonds. The van der Waals surface area contributed by atoms with E-state index in [4.69, 9.17) is 17.3 Å². The van der Waals surface area contributed by atoms with Gasteiger partial charge in [-0.1, -0.05) is 30.2 Å². The highest BCUT2D eigenvalue weighted by Crippen LogP contribution is 2.28. The maximum absolute atomic E-state index is 6.32. The highest BCUT2D eigenvalue weighted by Gasteiger charge is 2.17. The van der Waals surface area contributed by atoms with Gasteiger partial charge in [-0.15, -0.1) is 0 Å². The Labute approximate surface area is 125 Å². The third-order valence-corrected chi connectivity index (χ3v) is 4.52. The molecule has 1 unspecified atom stereocenters. The number of aryl methyl sites for hydroxylation is 2. The van der Waals surface area contributed by atoms with E-state index in [1.165, 1.54) is 29.5 Å². The number of nitrogens with two attached hydrogens (primary N) is 1. The molecule has 0 bridgehead atoms. The maximum Gasteiger partial charge on any atom is 0.0485 e. The van der Waals surface area contributed by atoms with Gasteiger partial charge in [0.25, 0.3) is 0 Å². The maximum atomic E-state index is 6.32. The van der Waals surface area contributed by atoms with Crippen molar-refractivity contribution in [2.75, 3.05) is 0 Å². The molecule has 1 aromatic carbocycles. The minimum Gasteiger partial charge on any atom is -0.349 e. The second-order valence-corrected chi connectivity index (χ2v) is 6.27. The van der Waals surface area contributed by atoms with E-state index in [0.717, 1.165) is 30.0 Å². The topological polar surface area (TPSA) is 30.9 Å². The second kappa shape index (κ2) is 5.63. The van der Waals surface area contributed by atoms with Gasteiger partial charge in [0.1, 0.15) is 0 Å². The Hall–Kier alpha value is -1.25. The van der Waals surface area contributed by atoms with Crippen molar-refractivity contribution in [2.24, 2.45) is 5.73 Å². The first kappa shape index (κ1) is 13.7. The monoisotopic (exact) mass is 288 g/mol. The van der Waals surface area contributed by atoms with Gasteiger partial charge in [-0.2, -0.15) is 0 Å². The Balaban J connectivity index is 1.87. The molecule has 0 spiro atoms. The van der Waals surface area contributed by atoms with Crippen LogP contribution in [-0.4, -0.2) is 4.57 Å². The first-order valence-electron chi connectivity index (χ1n) is 7.32. The van der Waals surface area contributed by atoms with Crippen LogP contribution in [0.2, 0.25) is 5.02 Å². The lowest BCUT2D eigenvalue weighted by molar-refractivity contribution is 0.610. The van der Waals surface area contributed by atoms with Crippen LogP contribution in [0.3, 0.4) is 0 Å². The minimum atomic E-state index is 0.197. The minimum absolute atomic E-state index is 0.197. The SMILES string of the molecule is Cc1ccc(Cn2cc3c(c2)C(N)CCCC3)c(Cl)c1. The Morgan fingerprint density at radius 2 is 2.15 bits per heavy atom. The van der Waals surface area contributed by atoms with Gasteiger partial charge in [-0.25, -0.2) is 0 Å². The third-order valence-electron chi connectivity index (χ3n) is 4.17. The summed E-state index contributed by atoms with van der Waals surface area (Å²) in [6.45, 7) is 2.88. The van der Waals surface area contributed by atoms with E-state index in [1.807, 2.05) is 6.07 Å². The lowest BCUT2D eigenvalue weighted by Crippen LogP contribution is -2.09. The van der Waals surface area contributed by atoms with Crippen LogP contribution in [-0.2, 0) is 13.0 Å². The van der Waals surface area contributed by atoms with Crippen molar-refractivity contribution < 1.29 is 0 Å². The number of hydrogen-bond donors (Lipinski definition) is 1. The summed E-state index contributed by atoms with van der Waals surface area (Å²) in [7, 11) is 0. The van der Waals surface area contributed by atoms with Crippen molar-refractivity contribution in [3.05, 3.63) is 57.9 Å². The summed E-state index contributed by atoms with van der Waals surface area (Å²) in [6.07, 6.45) is 9.19. The van der Waals surface area contributed by atoms with Gasteiger partial charge < -0.3 is 10.3 Å². The van der Waals surface area contributed by atoms with Gasteiger partial charge in [-0.3, -0.25) is 0 Å². The van der Waals surface area contributed by atoms with Crippen molar-refractivity contribution in [1.29, 1.82) is 0 Å². The number of aromatic nitrogens is 1. The van der Waals surface area contributed by atoms with Crippen LogP contribution in [0, 0.1) is 6.92 Å². The molecular weight excluding hydrogens is 268 g/mol. The van der Waals surface area contributed by atoms with Crippen LogP contribution in [0.5, 0.6) is 0 Å². The number of hydrogen-bond acceptors (Lipinski definition) is 1. The highest BCUT2D eigenvalue weighted by atomic mass is 35.5. The molecule has 1 heterocycles. The van der Waals surface area contributed by atoms with Gasteiger partial charge in [0.05, 0.1) is 0 Å². The summed E-state index contributed by atoms with van der Waals surface area (Å²) >= 11 is 6.32. The molecule has 2 aromatic rings. The predicted molar refractivity (Wildman–Crippen MR) is 84.2 cm³/mol. The summed E-state index contributed by atoms with van der Waals surface area (Å²) in [5, 5.41) is 0.846. The zero-order valence-corrected chi connectivity index (χ0v) is 12.7. The fraction of sp³-hybridized carbons (Fsp3) is 0.412. The largest absolute Gasteiger partial charge is 0.349 e. The van der Waals surface area contributed by atoms with Crippen LogP contribution in [0.15, 0.2) is 30.6 Å². The average Bonchev–Trinajstić information content (AvgIpc) is 2.73. The molecule has 106 valence electrons. The van der Waals surface area contributed by atoms with Crippen LogP contribution in [0.25, 0.3) is 0 Å². The van der Waals surface area contributed by atoms with Gasteiger partial charge in [-0.05, 0) is 54.5 Å². The first-order chi connectivity index (χ1) is 9.63. The number of benzene rings is 1. The standard InChI is InChI=1S/C17H21ClN2/c1-12-6-7-14(16(18)8-12)10-20-9-13-4-2-3-5-17(19)15(13)11-20/h6-9,11,17H,2-5,10,19H2,1H3. The fourth-order valence-corrected chi connectivity index (χ4v) is 3.31. The summed E-state index contributed by atoms with van der Waals surface area (Å²) in [4.78, 5) is 0. The van der Waals surface area contributed by atoms with E-state index in [-0.39, 0.29) is 6.04 Å². The number of halogens is 1. The van der Waals surface area contributed by atoms with E-state index in [0.29, 0.717) is 0 Å². The Bertz CT molecular complexity index is 615. The summed E-state index contributed by atoms with van der Waals surface area (Å²) in [5.74, 6) is 0. The molecule has 0 fully saturated rings. The molecule has 20 heavy (non-hydrogen) atoms. The quantitative estimate of drug-likeness (QED) is 0.824. The van der Waals surface area contributed by atoms with E-state index >= 15 is 0 Å². The molecule has 0 saturated carbocycles. The normalized spacial score (nSPS) is 18.6. The molecule has 3 heteroatoms. The molecule has 0 saturated heterocycles. The van der Waals surface area contributed by atoms with Crippen molar-refractivity contribution in [3.8, 4) is 0 Å². The van der Waals surface area contributed by atoms with E-state index < -0.39 is 0 Å². The molecule has 1 aromatic heterocycles. The average molecular weight is 289 g/mol. The Morgan fingerprint density at radius 3 is 2.95 bits per heavy atom.